The van der Waals surface area contributed by atoms with Gasteiger partial charge in [-0.25, -0.2) is 4.79 Å². The number of aliphatic carboxylic acids is 1. The van der Waals surface area contributed by atoms with E-state index in [1.807, 2.05) is 13.8 Å². The molecule has 0 heterocycles. The van der Waals surface area contributed by atoms with Crippen LogP contribution in [-0.2, 0) is 9.59 Å². The maximum atomic E-state index is 11.7. The Balaban J connectivity index is 3.96. The van der Waals surface area contributed by atoms with E-state index in [0.717, 1.165) is 0 Å². The zero-order chi connectivity index (χ0) is 16.5. The Labute approximate surface area is 124 Å². The predicted octanol–water partition coefficient (Wildman–Crippen LogP) is -0.230. The second-order valence-electron chi connectivity index (χ2n) is 4.99. The van der Waals surface area contributed by atoms with Crippen LogP contribution in [0.4, 0.5) is 4.79 Å². The second-order valence-corrected chi connectivity index (χ2v) is 4.99. The Kier molecular flexibility index (Phi) is 8.37. The van der Waals surface area contributed by atoms with Crippen LogP contribution < -0.4 is 10.6 Å². The van der Waals surface area contributed by atoms with Crippen molar-refractivity contribution in [2.75, 3.05) is 26.2 Å². The van der Waals surface area contributed by atoms with Crippen molar-refractivity contribution in [3.63, 3.8) is 0 Å². The van der Waals surface area contributed by atoms with Gasteiger partial charge in [-0.15, -0.1) is 0 Å². The third-order valence-electron chi connectivity index (χ3n) is 2.90. The summed E-state index contributed by atoms with van der Waals surface area (Å²) in [4.78, 5) is 35.3. The third-order valence-corrected chi connectivity index (χ3v) is 2.90. The standard InChI is InChI=1S/C13H25N3O5/c1-4-16(5-2)10(17)6-7-14-12(20)15-9-13(3,21)8-11(18)19/h21H,4-9H2,1-3H3,(H,18,19)(H2,14,15,20). The molecule has 4 N–H and O–H groups in total. The van der Waals surface area contributed by atoms with Crippen LogP contribution in [0.1, 0.15) is 33.6 Å². The zero-order valence-corrected chi connectivity index (χ0v) is 12.8. The first-order valence-corrected chi connectivity index (χ1v) is 6.95. The molecule has 0 fully saturated rings. The molecule has 0 radical (unpaired) electrons. The molecule has 0 saturated heterocycles. The molecule has 0 aromatic carbocycles. The van der Waals surface area contributed by atoms with Gasteiger partial charge in [0.15, 0.2) is 0 Å². The maximum Gasteiger partial charge on any atom is 0.314 e. The highest BCUT2D eigenvalue weighted by molar-refractivity contribution is 5.78. The van der Waals surface area contributed by atoms with Crippen LogP contribution in [0.5, 0.6) is 0 Å². The smallest absolute Gasteiger partial charge is 0.314 e. The minimum Gasteiger partial charge on any atom is -0.481 e. The summed E-state index contributed by atoms with van der Waals surface area (Å²) in [6.07, 6.45) is -0.269. The molecule has 0 rings (SSSR count). The summed E-state index contributed by atoms with van der Waals surface area (Å²) < 4.78 is 0. The zero-order valence-electron chi connectivity index (χ0n) is 12.8. The summed E-state index contributed by atoms with van der Waals surface area (Å²) in [6.45, 7) is 6.33. The molecule has 1 unspecified atom stereocenters. The molecule has 1 atom stereocenters. The van der Waals surface area contributed by atoms with E-state index in [2.05, 4.69) is 10.6 Å². The normalized spacial score (nSPS) is 13.1. The van der Waals surface area contributed by atoms with Crippen LogP contribution in [-0.4, -0.2) is 64.8 Å². The first kappa shape index (κ1) is 19.2. The van der Waals surface area contributed by atoms with Crippen LogP contribution in [0.2, 0.25) is 0 Å². The number of aliphatic hydroxyl groups is 1. The number of carbonyl (C=O) groups excluding carboxylic acids is 2. The molecule has 0 spiro atoms. The largest absolute Gasteiger partial charge is 0.481 e. The number of hydrogen-bond donors (Lipinski definition) is 4. The highest BCUT2D eigenvalue weighted by Gasteiger charge is 2.24. The van der Waals surface area contributed by atoms with E-state index in [9.17, 15) is 19.5 Å². The summed E-state index contributed by atoms with van der Waals surface area (Å²) in [7, 11) is 0. The average molecular weight is 303 g/mol. The molecule has 8 nitrogen and oxygen atoms in total. The maximum absolute atomic E-state index is 11.7. The number of amides is 3. The van der Waals surface area contributed by atoms with E-state index < -0.39 is 24.0 Å². The van der Waals surface area contributed by atoms with Gasteiger partial charge in [-0.05, 0) is 20.8 Å². The molecule has 21 heavy (non-hydrogen) atoms. The van der Waals surface area contributed by atoms with Crippen molar-refractivity contribution in [3.05, 3.63) is 0 Å². The molecule has 0 saturated carbocycles. The van der Waals surface area contributed by atoms with Crippen molar-refractivity contribution < 1.29 is 24.6 Å². The molecule has 8 heteroatoms. The monoisotopic (exact) mass is 303 g/mol. The fraction of sp³-hybridized carbons (Fsp3) is 0.769. The van der Waals surface area contributed by atoms with Gasteiger partial charge in [-0.1, -0.05) is 0 Å². The number of nitrogens with one attached hydrogen (secondary N) is 2. The summed E-state index contributed by atoms with van der Waals surface area (Å²) in [5.41, 5.74) is -1.51. The Hall–Kier alpha value is -1.83. The van der Waals surface area contributed by atoms with Gasteiger partial charge in [0, 0.05) is 32.6 Å². The molecule has 3 amide bonds. The number of carboxylic acid groups (broad SMARTS) is 1. The lowest BCUT2D eigenvalue weighted by molar-refractivity contribution is -0.141. The summed E-state index contributed by atoms with van der Waals surface area (Å²) in [6, 6.07) is -0.548. The van der Waals surface area contributed by atoms with Crippen LogP contribution >= 0.6 is 0 Å². The van der Waals surface area contributed by atoms with Crippen molar-refractivity contribution in [1.29, 1.82) is 0 Å². The number of carbonyl (C=O) groups is 3. The van der Waals surface area contributed by atoms with Crippen molar-refractivity contribution >= 4 is 17.9 Å². The average Bonchev–Trinajstić information content (AvgIpc) is 2.36. The highest BCUT2D eigenvalue weighted by Crippen LogP contribution is 2.06. The van der Waals surface area contributed by atoms with Gasteiger partial charge < -0.3 is 25.7 Å². The van der Waals surface area contributed by atoms with E-state index in [1.54, 1.807) is 4.90 Å². The van der Waals surface area contributed by atoms with Gasteiger partial charge in [-0.2, -0.15) is 0 Å². The quantitative estimate of drug-likeness (QED) is 0.469. The molecular formula is C13H25N3O5. The highest BCUT2D eigenvalue weighted by atomic mass is 16.4. The van der Waals surface area contributed by atoms with Crippen LogP contribution in [0.15, 0.2) is 0 Å². The van der Waals surface area contributed by atoms with Crippen molar-refractivity contribution in [3.8, 4) is 0 Å². The number of rotatable bonds is 9. The Bertz CT molecular complexity index is 367. The minimum absolute atomic E-state index is 0.0434. The summed E-state index contributed by atoms with van der Waals surface area (Å²) in [5.74, 6) is -1.19. The molecule has 0 aromatic rings. The van der Waals surface area contributed by atoms with Gasteiger partial charge in [-0.3, -0.25) is 9.59 Å². The molecule has 0 aliphatic heterocycles. The topological polar surface area (TPSA) is 119 Å². The van der Waals surface area contributed by atoms with Gasteiger partial charge in [0.1, 0.15) is 0 Å². The molecule has 0 aliphatic rings. The fourth-order valence-electron chi connectivity index (χ4n) is 1.74. The molecular weight excluding hydrogens is 278 g/mol. The van der Waals surface area contributed by atoms with Gasteiger partial charge >= 0.3 is 12.0 Å². The van der Waals surface area contributed by atoms with Gasteiger partial charge in [0.25, 0.3) is 0 Å². The van der Waals surface area contributed by atoms with Crippen LogP contribution in [0.3, 0.4) is 0 Å². The molecule has 0 aliphatic carbocycles. The SMILES string of the molecule is CCN(CC)C(=O)CCNC(=O)NCC(C)(O)CC(=O)O. The van der Waals surface area contributed by atoms with E-state index >= 15 is 0 Å². The van der Waals surface area contributed by atoms with Gasteiger partial charge in [0.05, 0.1) is 12.0 Å². The van der Waals surface area contributed by atoms with Crippen LogP contribution in [0.25, 0.3) is 0 Å². The molecule has 0 aromatic heterocycles. The van der Waals surface area contributed by atoms with Crippen molar-refractivity contribution in [2.24, 2.45) is 0 Å². The lowest BCUT2D eigenvalue weighted by atomic mass is 10.0. The van der Waals surface area contributed by atoms with E-state index in [0.29, 0.717) is 13.1 Å². The fourth-order valence-corrected chi connectivity index (χ4v) is 1.74. The Morgan fingerprint density at radius 2 is 1.71 bits per heavy atom. The van der Waals surface area contributed by atoms with E-state index in [-0.39, 0.29) is 25.4 Å². The lowest BCUT2D eigenvalue weighted by Gasteiger charge is -2.22. The first-order chi connectivity index (χ1) is 9.71. The Morgan fingerprint density at radius 1 is 1.14 bits per heavy atom. The summed E-state index contributed by atoms with van der Waals surface area (Å²) in [5, 5.41) is 23.1. The number of urea groups is 1. The summed E-state index contributed by atoms with van der Waals surface area (Å²) >= 11 is 0. The second kappa shape index (κ2) is 9.17. The van der Waals surface area contributed by atoms with E-state index in [1.165, 1.54) is 6.92 Å². The Morgan fingerprint density at radius 3 is 2.19 bits per heavy atom. The lowest BCUT2D eigenvalue weighted by Crippen LogP contribution is -2.46. The number of hydrogen-bond acceptors (Lipinski definition) is 4. The van der Waals surface area contributed by atoms with Crippen molar-refractivity contribution in [1.82, 2.24) is 15.5 Å². The predicted molar refractivity (Wildman–Crippen MR) is 76.8 cm³/mol. The minimum atomic E-state index is -1.51. The van der Waals surface area contributed by atoms with Crippen LogP contribution in [0, 0.1) is 0 Å². The number of nitrogens with zero attached hydrogens (tertiary/aromatic N) is 1. The third kappa shape index (κ3) is 8.85. The number of carboxylic acids is 1. The molecule has 0 bridgehead atoms. The van der Waals surface area contributed by atoms with Crippen molar-refractivity contribution in [2.45, 2.75) is 39.2 Å². The van der Waals surface area contributed by atoms with E-state index in [4.69, 9.17) is 5.11 Å². The van der Waals surface area contributed by atoms with Gasteiger partial charge in [0.2, 0.25) is 5.91 Å². The molecule has 122 valence electrons. The first-order valence-electron chi connectivity index (χ1n) is 6.95.